The zero-order chi connectivity index (χ0) is 22.9. The Kier molecular flexibility index (Phi) is 4.25. The lowest BCUT2D eigenvalue weighted by molar-refractivity contribution is -0.118. The third kappa shape index (κ3) is 3.16. The Morgan fingerprint density at radius 2 is 1.79 bits per heavy atom. The van der Waals surface area contributed by atoms with Crippen LogP contribution in [0, 0.1) is 19.3 Å². The molecule has 1 aromatic heterocycles. The predicted molar refractivity (Wildman–Crippen MR) is 126 cm³/mol. The highest BCUT2D eigenvalue weighted by Gasteiger charge is 2.43. The van der Waals surface area contributed by atoms with Gasteiger partial charge in [-0.05, 0) is 55.5 Å². The number of rotatable bonds is 2. The molecule has 1 N–H and O–H groups in total. The minimum atomic E-state index is -0.200. The molecule has 3 aromatic rings. The smallest absolute Gasteiger partial charge is 0.231 e. The van der Waals surface area contributed by atoms with E-state index in [2.05, 4.69) is 50.4 Å². The number of nitrogens with zero attached hydrogens (tertiary/aromatic N) is 2. The van der Waals surface area contributed by atoms with Gasteiger partial charge >= 0.3 is 0 Å². The number of hydrogen-bond acceptors (Lipinski definition) is 5. The van der Waals surface area contributed by atoms with Gasteiger partial charge in [0.1, 0.15) is 5.82 Å². The Labute approximate surface area is 193 Å². The number of allylic oxidation sites excluding steroid dienone is 2. The fraction of sp³-hybridized carbons (Fsp3) is 0.333. The quantitative estimate of drug-likeness (QED) is 0.575. The molecule has 33 heavy (non-hydrogen) atoms. The van der Waals surface area contributed by atoms with Crippen molar-refractivity contribution in [3.63, 3.8) is 0 Å². The van der Waals surface area contributed by atoms with E-state index in [1.165, 1.54) is 5.56 Å². The molecule has 0 radical (unpaired) electrons. The number of Topliss-reactive ketones (excluding diaryl/α,β-unsaturated/α-hetero) is 1. The van der Waals surface area contributed by atoms with Gasteiger partial charge < -0.3 is 14.8 Å². The maximum absolute atomic E-state index is 13.5. The summed E-state index contributed by atoms with van der Waals surface area (Å²) in [4.78, 5) is 13.5. The van der Waals surface area contributed by atoms with Crippen molar-refractivity contribution in [1.29, 1.82) is 0 Å². The first-order valence-electron chi connectivity index (χ1n) is 11.4. The third-order valence-corrected chi connectivity index (χ3v) is 6.88. The van der Waals surface area contributed by atoms with Gasteiger partial charge in [-0.15, -0.1) is 0 Å². The summed E-state index contributed by atoms with van der Waals surface area (Å²) in [5, 5.41) is 8.56. The van der Waals surface area contributed by atoms with Crippen LogP contribution >= 0.6 is 0 Å². The van der Waals surface area contributed by atoms with Crippen molar-refractivity contribution < 1.29 is 14.3 Å². The van der Waals surface area contributed by atoms with Crippen LogP contribution in [0.3, 0.4) is 0 Å². The van der Waals surface area contributed by atoms with E-state index < -0.39 is 0 Å². The van der Waals surface area contributed by atoms with Crippen molar-refractivity contribution in [2.45, 2.75) is 46.5 Å². The third-order valence-electron chi connectivity index (χ3n) is 6.88. The summed E-state index contributed by atoms with van der Waals surface area (Å²) < 4.78 is 13.2. The number of fused-ring (bicyclic) bond motifs is 2. The molecule has 0 bridgehead atoms. The fourth-order valence-electron chi connectivity index (χ4n) is 5.37. The summed E-state index contributed by atoms with van der Waals surface area (Å²) in [5.41, 5.74) is 6.93. The molecule has 0 saturated heterocycles. The number of nitrogens with one attached hydrogen (secondary N) is 1. The van der Waals surface area contributed by atoms with E-state index in [9.17, 15) is 4.79 Å². The van der Waals surface area contributed by atoms with Gasteiger partial charge in [0.25, 0.3) is 0 Å². The molecular formula is C27H27N3O3. The summed E-state index contributed by atoms with van der Waals surface area (Å²) in [7, 11) is 0. The summed E-state index contributed by atoms with van der Waals surface area (Å²) in [6.45, 7) is 8.64. The highest BCUT2D eigenvalue weighted by atomic mass is 16.7. The molecule has 3 heterocycles. The maximum Gasteiger partial charge on any atom is 0.231 e. The number of aryl methyl sites for hydroxylation is 2. The highest BCUT2D eigenvalue weighted by Crippen LogP contribution is 2.51. The van der Waals surface area contributed by atoms with Crippen LogP contribution in [0.15, 0.2) is 53.7 Å². The Hall–Kier alpha value is -3.54. The number of benzene rings is 2. The number of carbonyl (C=O) groups excluding carboxylic acids is 1. The van der Waals surface area contributed by atoms with Crippen molar-refractivity contribution in [3.8, 4) is 17.2 Å². The average molecular weight is 442 g/mol. The lowest BCUT2D eigenvalue weighted by Crippen LogP contribution is -2.34. The summed E-state index contributed by atoms with van der Waals surface area (Å²) in [5.74, 6) is 2.40. The van der Waals surface area contributed by atoms with Crippen LogP contribution in [0.5, 0.6) is 11.5 Å². The van der Waals surface area contributed by atoms with Gasteiger partial charge in [0.05, 0.1) is 11.4 Å². The SMILES string of the molecule is Cc1ccc(-n2nc(C)c3c2NC2=C(C(=O)CC(C)(C)C2)[C@@H]3c2ccc3c(c2)OCO3)cc1. The van der Waals surface area contributed by atoms with Gasteiger partial charge in [-0.2, -0.15) is 5.10 Å². The van der Waals surface area contributed by atoms with Gasteiger partial charge in [-0.25, -0.2) is 4.68 Å². The first kappa shape index (κ1) is 20.1. The molecule has 6 nitrogen and oxygen atoms in total. The van der Waals surface area contributed by atoms with Crippen LogP contribution in [0.2, 0.25) is 0 Å². The van der Waals surface area contributed by atoms with Crippen LogP contribution in [-0.4, -0.2) is 22.4 Å². The lowest BCUT2D eigenvalue weighted by Gasteiger charge is -2.38. The number of carbonyl (C=O) groups is 1. The minimum Gasteiger partial charge on any atom is -0.454 e. The number of ether oxygens (including phenoxy) is 2. The number of anilines is 1. The molecule has 0 fully saturated rings. The van der Waals surface area contributed by atoms with Gasteiger partial charge in [-0.3, -0.25) is 4.79 Å². The molecule has 0 spiro atoms. The fourth-order valence-corrected chi connectivity index (χ4v) is 5.37. The zero-order valence-corrected chi connectivity index (χ0v) is 19.4. The maximum atomic E-state index is 13.5. The second-order valence-electron chi connectivity index (χ2n) is 10.1. The first-order valence-corrected chi connectivity index (χ1v) is 11.4. The van der Waals surface area contributed by atoms with Gasteiger partial charge in [0, 0.05) is 29.2 Å². The van der Waals surface area contributed by atoms with E-state index in [0.29, 0.717) is 6.42 Å². The largest absolute Gasteiger partial charge is 0.454 e. The molecule has 2 aromatic carbocycles. The second-order valence-corrected chi connectivity index (χ2v) is 10.1. The number of aromatic nitrogens is 2. The molecule has 1 aliphatic carbocycles. The summed E-state index contributed by atoms with van der Waals surface area (Å²) in [6.07, 6.45) is 1.35. The van der Waals surface area contributed by atoms with Gasteiger partial charge in [0.15, 0.2) is 17.3 Å². The molecule has 1 atom stereocenters. The van der Waals surface area contributed by atoms with Crippen LogP contribution in [0.25, 0.3) is 5.69 Å². The summed E-state index contributed by atoms with van der Waals surface area (Å²) in [6, 6.07) is 14.4. The van der Waals surface area contributed by atoms with Crippen molar-refractivity contribution in [2.75, 3.05) is 12.1 Å². The Morgan fingerprint density at radius 1 is 1.03 bits per heavy atom. The van der Waals surface area contributed by atoms with Crippen molar-refractivity contribution in [1.82, 2.24) is 9.78 Å². The van der Waals surface area contributed by atoms with Gasteiger partial charge in [0.2, 0.25) is 6.79 Å². The van der Waals surface area contributed by atoms with Crippen molar-refractivity contribution in [3.05, 3.63) is 76.1 Å². The molecular weight excluding hydrogens is 414 g/mol. The van der Waals surface area contributed by atoms with E-state index in [4.69, 9.17) is 14.6 Å². The summed E-state index contributed by atoms with van der Waals surface area (Å²) >= 11 is 0. The van der Waals surface area contributed by atoms with Crippen LogP contribution in [-0.2, 0) is 4.79 Å². The normalized spacial score (nSPS) is 20.4. The lowest BCUT2D eigenvalue weighted by atomic mass is 9.69. The Morgan fingerprint density at radius 3 is 2.58 bits per heavy atom. The zero-order valence-electron chi connectivity index (χ0n) is 19.4. The number of hydrogen-bond donors (Lipinski definition) is 1. The van der Waals surface area contributed by atoms with Crippen molar-refractivity contribution in [2.24, 2.45) is 5.41 Å². The van der Waals surface area contributed by atoms with Crippen molar-refractivity contribution >= 4 is 11.6 Å². The van der Waals surface area contributed by atoms with E-state index >= 15 is 0 Å². The molecule has 0 saturated carbocycles. The Bertz CT molecular complexity index is 1330. The Balaban J connectivity index is 1.58. The first-order chi connectivity index (χ1) is 15.8. The van der Waals surface area contributed by atoms with E-state index in [-0.39, 0.29) is 23.9 Å². The minimum absolute atomic E-state index is 0.0936. The standard InChI is InChI=1S/C27H27N3O3/c1-15-5-8-18(9-6-15)30-26-23(16(2)29-30)24(17-7-10-21-22(11-17)33-14-32-21)25-19(28-26)12-27(3,4)13-20(25)31/h5-11,24,28H,12-14H2,1-4H3/t24-/m1/s1. The molecule has 0 amide bonds. The molecule has 6 rings (SSSR count). The topological polar surface area (TPSA) is 65.4 Å². The molecule has 2 aliphatic heterocycles. The average Bonchev–Trinajstić information content (AvgIpc) is 3.36. The van der Waals surface area contributed by atoms with Crippen LogP contribution in [0.4, 0.5) is 5.82 Å². The molecule has 0 unspecified atom stereocenters. The monoisotopic (exact) mass is 441 g/mol. The number of ketones is 1. The van der Waals surface area contributed by atoms with E-state index in [0.717, 1.165) is 57.5 Å². The molecule has 6 heteroatoms. The van der Waals surface area contributed by atoms with Gasteiger partial charge in [-0.1, -0.05) is 37.6 Å². The predicted octanol–water partition coefficient (Wildman–Crippen LogP) is 5.42. The molecule has 3 aliphatic rings. The molecule has 168 valence electrons. The van der Waals surface area contributed by atoms with Crippen LogP contribution in [0.1, 0.15) is 55.0 Å². The van der Waals surface area contributed by atoms with E-state index in [1.807, 2.05) is 29.8 Å². The van der Waals surface area contributed by atoms with Crippen LogP contribution < -0.4 is 14.8 Å². The highest BCUT2D eigenvalue weighted by molar-refractivity contribution is 6.01. The second kappa shape index (κ2) is 6.98. The van der Waals surface area contributed by atoms with E-state index in [1.54, 1.807) is 0 Å².